The van der Waals surface area contributed by atoms with E-state index in [1.165, 1.54) is 0 Å². The quantitative estimate of drug-likeness (QED) is 0.351. The summed E-state index contributed by atoms with van der Waals surface area (Å²) in [5, 5.41) is 0. The van der Waals surface area contributed by atoms with Gasteiger partial charge in [0.2, 0.25) is 0 Å². The van der Waals surface area contributed by atoms with Crippen LogP contribution in [0.3, 0.4) is 0 Å². The molecular formula is C3H4F3LiO3S. The van der Waals surface area contributed by atoms with Crippen LogP contribution in [-0.2, 0) is 10.1 Å². The summed E-state index contributed by atoms with van der Waals surface area (Å²) in [5.41, 5.74) is 0. The van der Waals surface area contributed by atoms with E-state index in [2.05, 4.69) is 0 Å². The Hall–Kier alpha value is 0.297. The maximum absolute atomic E-state index is 11.2. The van der Waals surface area contributed by atoms with Crippen LogP contribution < -0.4 is 18.9 Å². The van der Waals surface area contributed by atoms with Gasteiger partial charge in [0.15, 0.2) is 0 Å². The van der Waals surface area contributed by atoms with Crippen LogP contribution in [0.2, 0.25) is 0 Å². The van der Waals surface area contributed by atoms with E-state index in [1.807, 2.05) is 0 Å². The van der Waals surface area contributed by atoms with Crippen LogP contribution >= 0.6 is 0 Å². The molecule has 0 unspecified atom stereocenters. The topological polar surface area (TPSA) is 57.2 Å². The molecule has 0 fully saturated rings. The molecule has 0 aromatic heterocycles. The number of halogens is 3. The SMILES string of the molecule is O=S(=O)([O-])CCC(F)(F)F.[Li+]. The van der Waals surface area contributed by atoms with Crippen LogP contribution in [0.5, 0.6) is 0 Å². The van der Waals surface area contributed by atoms with Gasteiger partial charge < -0.3 is 4.55 Å². The maximum Gasteiger partial charge on any atom is 1.00 e. The Labute approximate surface area is 73.9 Å². The molecule has 0 amide bonds. The van der Waals surface area contributed by atoms with Crippen LogP contribution in [0, 0.1) is 0 Å². The average molecular weight is 184 g/mol. The molecule has 0 spiro atoms. The molecule has 0 rings (SSSR count). The van der Waals surface area contributed by atoms with Gasteiger partial charge in [-0.3, -0.25) is 0 Å². The molecule has 8 heteroatoms. The molecule has 0 saturated carbocycles. The van der Waals surface area contributed by atoms with Gasteiger partial charge >= 0.3 is 25.0 Å². The zero-order chi connectivity index (χ0) is 8.41. The molecule has 0 radical (unpaired) electrons. The van der Waals surface area contributed by atoms with E-state index < -0.39 is 28.5 Å². The summed E-state index contributed by atoms with van der Waals surface area (Å²) in [5.74, 6) is -1.38. The van der Waals surface area contributed by atoms with E-state index in [1.54, 1.807) is 0 Å². The second kappa shape index (κ2) is 4.35. The molecule has 62 valence electrons. The summed E-state index contributed by atoms with van der Waals surface area (Å²) >= 11 is 0. The van der Waals surface area contributed by atoms with Crippen molar-refractivity contribution < 1.29 is 45.0 Å². The van der Waals surface area contributed by atoms with Crippen molar-refractivity contribution in [3.63, 3.8) is 0 Å². The fourth-order valence-corrected chi connectivity index (χ4v) is 0.722. The molecular weight excluding hydrogens is 180 g/mol. The average Bonchev–Trinajstić information content (AvgIpc) is 1.57. The van der Waals surface area contributed by atoms with Crippen molar-refractivity contribution in [2.45, 2.75) is 12.6 Å². The fraction of sp³-hybridized carbons (Fsp3) is 1.00. The summed E-state index contributed by atoms with van der Waals surface area (Å²) in [7, 11) is -4.73. The van der Waals surface area contributed by atoms with Gasteiger partial charge in [0, 0.05) is 5.75 Å². The van der Waals surface area contributed by atoms with Gasteiger partial charge in [-0.1, -0.05) is 0 Å². The molecule has 0 N–H and O–H groups in total. The third kappa shape index (κ3) is 13.3. The Morgan fingerprint density at radius 3 is 1.73 bits per heavy atom. The van der Waals surface area contributed by atoms with Crippen molar-refractivity contribution in [1.29, 1.82) is 0 Å². The van der Waals surface area contributed by atoms with Gasteiger partial charge in [0.1, 0.15) is 0 Å². The smallest absolute Gasteiger partial charge is 0.748 e. The van der Waals surface area contributed by atoms with Crippen LogP contribution in [-0.4, -0.2) is 24.9 Å². The molecule has 0 aromatic carbocycles. The monoisotopic (exact) mass is 184 g/mol. The largest absolute Gasteiger partial charge is 1.00 e. The van der Waals surface area contributed by atoms with Gasteiger partial charge in [-0.25, -0.2) is 8.42 Å². The van der Waals surface area contributed by atoms with E-state index in [0.717, 1.165) is 0 Å². The minimum atomic E-state index is -4.73. The van der Waals surface area contributed by atoms with Crippen LogP contribution in [0.1, 0.15) is 6.42 Å². The van der Waals surface area contributed by atoms with Crippen molar-refractivity contribution in [2.75, 3.05) is 5.75 Å². The number of hydrogen-bond acceptors (Lipinski definition) is 3. The number of alkyl halides is 3. The molecule has 0 aromatic rings. The molecule has 0 bridgehead atoms. The molecule has 0 heterocycles. The van der Waals surface area contributed by atoms with Crippen LogP contribution in [0.25, 0.3) is 0 Å². The molecule has 3 nitrogen and oxygen atoms in total. The standard InChI is InChI=1S/C3H5F3O3S.Li/c4-3(5,6)1-2-10(7,8)9;/h1-2H2,(H,7,8,9);/q;+1/p-1. The zero-order valence-corrected chi connectivity index (χ0v) is 6.50. The molecule has 11 heavy (non-hydrogen) atoms. The molecule has 0 aliphatic heterocycles. The maximum atomic E-state index is 11.2. The Kier molecular flexibility index (Phi) is 5.49. The van der Waals surface area contributed by atoms with Crippen molar-refractivity contribution >= 4 is 10.1 Å². The second-order valence-electron chi connectivity index (χ2n) is 1.63. The summed E-state index contributed by atoms with van der Waals surface area (Å²) in [4.78, 5) is 0. The molecule has 0 saturated heterocycles. The van der Waals surface area contributed by atoms with Gasteiger partial charge in [-0.05, 0) is 0 Å². The van der Waals surface area contributed by atoms with Gasteiger partial charge in [-0.2, -0.15) is 13.2 Å². The Morgan fingerprint density at radius 1 is 1.27 bits per heavy atom. The Morgan fingerprint density at radius 2 is 1.64 bits per heavy atom. The predicted molar refractivity (Wildman–Crippen MR) is 25.2 cm³/mol. The van der Waals surface area contributed by atoms with Gasteiger partial charge in [0.05, 0.1) is 16.5 Å². The summed E-state index contributed by atoms with van der Waals surface area (Å²) in [6.45, 7) is 0. The number of hydrogen-bond donors (Lipinski definition) is 0. The van der Waals surface area contributed by atoms with E-state index in [4.69, 9.17) is 0 Å². The minimum Gasteiger partial charge on any atom is -0.748 e. The van der Waals surface area contributed by atoms with E-state index in [-0.39, 0.29) is 18.9 Å². The van der Waals surface area contributed by atoms with Gasteiger partial charge in [0.25, 0.3) is 0 Å². The Bertz CT molecular complexity index is 196. The van der Waals surface area contributed by atoms with Crippen LogP contribution in [0.15, 0.2) is 0 Å². The first-order valence-electron chi connectivity index (χ1n) is 2.21. The zero-order valence-electron chi connectivity index (χ0n) is 5.68. The predicted octanol–water partition coefficient (Wildman–Crippen LogP) is -2.51. The van der Waals surface area contributed by atoms with Crippen molar-refractivity contribution in [3.05, 3.63) is 0 Å². The first-order chi connectivity index (χ1) is 4.21. The fourth-order valence-electron chi connectivity index (χ4n) is 0.241. The summed E-state index contributed by atoms with van der Waals surface area (Å²) < 4.78 is 62.4. The third-order valence-corrected chi connectivity index (χ3v) is 1.34. The first kappa shape index (κ1) is 13.9. The van der Waals surface area contributed by atoms with Crippen LogP contribution in [0.4, 0.5) is 13.2 Å². The van der Waals surface area contributed by atoms with Gasteiger partial charge in [-0.15, -0.1) is 0 Å². The first-order valence-corrected chi connectivity index (χ1v) is 3.79. The van der Waals surface area contributed by atoms with Crippen molar-refractivity contribution in [2.24, 2.45) is 0 Å². The second-order valence-corrected chi connectivity index (χ2v) is 3.15. The molecule has 0 aliphatic carbocycles. The molecule has 0 aliphatic rings. The Balaban J connectivity index is 0. The van der Waals surface area contributed by atoms with Crippen molar-refractivity contribution in [1.82, 2.24) is 0 Å². The van der Waals surface area contributed by atoms with E-state index in [0.29, 0.717) is 0 Å². The van der Waals surface area contributed by atoms with E-state index >= 15 is 0 Å². The number of rotatable bonds is 2. The summed E-state index contributed by atoms with van der Waals surface area (Å²) in [6, 6.07) is 0. The summed E-state index contributed by atoms with van der Waals surface area (Å²) in [6.07, 6.45) is -6.14. The molecule has 0 atom stereocenters. The van der Waals surface area contributed by atoms with Crippen molar-refractivity contribution in [3.8, 4) is 0 Å². The third-order valence-electron chi connectivity index (χ3n) is 0.636. The van der Waals surface area contributed by atoms with E-state index in [9.17, 15) is 26.1 Å². The minimum absolute atomic E-state index is 0. The normalized spacial score (nSPS) is 12.4.